The Kier molecular flexibility index (Phi) is 3.43. The van der Waals surface area contributed by atoms with Crippen molar-refractivity contribution in [1.29, 1.82) is 0 Å². The van der Waals surface area contributed by atoms with Crippen LogP contribution in [-0.4, -0.2) is 37.0 Å². The van der Waals surface area contributed by atoms with Crippen molar-refractivity contribution in [2.24, 2.45) is 0 Å². The van der Waals surface area contributed by atoms with Crippen molar-refractivity contribution in [3.63, 3.8) is 0 Å². The summed E-state index contributed by atoms with van der Waals surface area (Å²) in [5.41, 5.74) is 7.36. The first kappa shape index (κ1) is 12.8. The first-order valence-electron chi connectivity index (χ1n) is 6.71. The van der Waals surface area contributed by atoms with Gasteiger partial charge in [-0.2, -0.15) is 0 Å². The first-order chi connectivity index (χ1) is 9.17. The van der Waals surface area contributed by atoms with Gasteiger partial charge in [-0.05, 0) is 36.7 Å². The predicted octanol–water partition coefficient (Wildman–Crippen LogP) is 1.75. The summed E-state index contributed by atoms with van der Waals surface area (Å²) in [6.07, 6.45) is 1.96. The van der Waals surface area contributed by atoms with Crippen molar-refractivity contribution in [3.05, 3.63) is 29.6 Å². The molecule has 0 atom stereocenters. The van der Waals surface area contributed by atoms with Crippen molar-refractivity contribution in [1.82, 2.24) is 4.90 Å². The van der Waals surface area contributed by atoms with Gasteiger partial charge >= 0.3 is 0 Å². The molecule has 3 rings (SSSR count). The Morgan fingerprint density at radius 1 is 1.32 bits per heavy atom. The van der Waals surface area contributed by atoms with Gasteiger partial charge in [-0.25, -0.2) is 4.39 Å². The van der Waals surface area contributed by atoms with E-state index in [1.54, 1.807) is 6.07 Å². The van der Waals surface area contributed by atoms with Gasteiger partial charge in [0.05, 0.1) is 19.8 Å². The van der Waals surface area contributed by atoms with E-state index in [9.17, 15) is 4.39 Å². The number of anilines is 1. The highest BCUT2D eigenvalue weighted by molar-refractivity contribution is 5.46. The molecule has 2 fully saturated rings. The fourth-order valence-electron chi connectivity index (χ4n) is 2.89. The van der Waals surface area contributed by atoms with E-state index in [0.29, 0.717) is 25.4 Å². The van der Waals surface area contributed by atoms with E-state index in [1.165, 1.54) is 12.1 Å². The molecule has 0 unspecified atom stereocenters. The molecule has 1 aromatic carbocycles. The quantitative estimate of drug-likeness (QED) is 0.828. The van der Waals surface area contributed by atoms with Gasteiger partial charge in [-0.3, -0.25) is 4.90 Å². The smallest absolute Gasteiger partial charge is 0.181 e. The number of hydrogen-bond donors (Lipinski definition) is 1. The summed E-state index contributed by atoms with van der Waals surface area (Å²) in [7, 11) is 0. The van der Waals surface area contributed by atoms with E-state index in [-0.39, 0.29) is 5.82 Å². The second-order valence-electron chi connectivity index (χ2n) is 5.26. The van der Waals surface area contributed by atoms with Crippen molar-refractivity contribution < 1.29 is 13.9 Å². The van der Waals surface area contributed by atoms with Crippen molar-refractivity contribution in [3.8, 4) is 0 Å². The van der Waals surface area contributed by atoms with Crippen LogP contribution < -0.4 is 5.73 Å². The Morgan fingerprint density at radius 3 is 2.89 bits per heavy atom. The Balaban J connectivity index is 1.70. The molecule has 2 aliphatic heterocycles. The van der Waals surface area contributed by atoms with Crippen molar-refractivity contribution in [2.45, 2.75) is 25.2 Å². The minimum Gasteiger partial charge on any atom is -0.398 e. The number of rotatable bonds is 2. The van der Waals surface area contributed by atoms with Gasteiger partial charge in [0.2, 0.25) is 0 Å². The van der Waals surface area contributed by atoms with Crippen LogP contribution in [0.5, 0.6) is 0 Å². The Bertz CT molecular complexity index is 461. The standard InChI is InChI=1S/C14H19FN2O2/c15-12-2-3-13(16)11(8-12)9-17-5-1-4-14(10-17)18-6-7-19-14/h2-3,8H,1,4-7,9-10,16H2. The second-order valence-corrected chi connectivity index (χ2v) is 5.26. The van der Waals surface area contributed by atoms with E-state index in [2.05, 4.69) is 4.90 Å². The van der Waals surface area contributed by atoms with Crippen LogP contribution in [0.3, 0.4) is 0 Å². The van der Waals surface area contributed by atoms with Gasteiger partial charge in [-0.1, -0.05) is 0 Å². The summed E-state index contributed by atoms with van der Waals surface area (Å²) < 4.78 is 24.7. The van der Waals surface area contributed by atoms with Crippen molar-refractivity contribution >= 4 is 5.69 Å². The maximum atomic E-state index is 13.3. The van der Waals surface area contributed by atoms with Crippen molar-refractivity contribution in [2.75, 3.05) is 32.0 Å². The molecule has 1 aromatic rings. The lowest BCUT2D eigenvalue weighted by Gasteiger charge is -2.38. The average Bonchev–Trinajstić information content (AvgIpc) is 2.82. The Labute approximate surface area is 112 Å². The van der Waals surface area contributed by atoms with Crippen LogP contribution in [-0.2, 0) is 16.0 Å². The first-order valence-corrected chi connectivity index (χ1v) is 6.71. The highest BCUT2D eigenvalue weighted by Gasteiger charge is 2.40. The molecular weight excluding hydrogens is 247 g/mol. The molecule has 0 aromatic heterocycles. The van der Waals surface area contributed by atoms with Gasteiger partial charge in [0, 0.05) is 18.7 Å². The van der Waals surface area contributed by atoms with Gasteiger partial charge in [0.25, 0.3) is 0 Å². The zero-order valence-electron chi connectivity index (χ0n) is 10.9. The summed E-state index contributed by atoms with van der Waals surface area (Å²) in [6, 6.07) is 4.51. The fourth-order valence-corrected chi connectivity index (χ4v) is 2.89. The van der Waals surface area contributed by atoms with E-state index in [4.69, 9.17) is 15.2 Å². The number of hydrogen-bond acceptors (Lipinski definition) is 4. The molecular formula is C14H19FN2O2. The molecule has 19 heavy (non-hydrogen) atoms. The molecule has 2 saturated heterocycles. The third-order valence-corrected chi connectivity index (χ3v) is 3.81. The third kappa shape index (κ3) is 2.73. The van der Waals surface area contributed by atoms with E-state index in [1.807, 2.05) is 0 Å². The lowest BCUT2D eigenvalue weighted by Crippen LogP contribution is -2.48. The number of benzene rings is 1. The summed E-state index contributed by atoms with van der Waals surface area (Å²) in [6.45, 7) is 3.65. The Hall–Kier alpha value is -1.17. The van der Waals surface area contributed by atoms with Gasteiger partial charge in [0.15, 0.2) is 5.79 Å². The molecule has 0 amide bonds. The minimum atomic E-state index is -0.444. The van der Waals surface area contributed by atoms with Crippen LogP contribution in [0.25, 0.3) is 0 Å². The van der Waals surface area contributed by atoms with Gasteiger partial charge < -0.3 is 15.2 Å². The summed E-state index contributed by atoms with van der Waals surface area (Å²) >= 11 is 0. The summed E-state index contributed by atoms with van der Waals surface area (Å²) in [4.78, 5) is 2.22. The maximum absolute atomic E-state index is 13.3. The molecule has 2 N–H and O–H groups in total. The molecule has 0 bridgehead atoms. The third-order valence-electron chi connectivity index (χ3n) is 3.81. The Morgan fingerprint density at radius 2 is 2.11 bits per heavy atom. The number of likely N-dealkylation sites (tertiary alicyclic amines) is 1. The summed E-state index contributed by atoms with van der Waals surface area (Å²) in [5, 5.41) is 0. The predicted molar refractivity (Wildman–Crippen MR) is 70.0 cm³/mol. The van der Waals surface area contributed by atoms with E-state index >= 15 is 0 Å². The van der Waals surface area contributed by atoms with Crippen LogP contribution in [0.1, 0.15) is 18.4 Å². The normalized spacial score (nSPS) is 23.0. The molecule has 2 aliphatic rings. The maximum Gasteiger partial charge on any atom is 0.181 e. The fraction of sp³-hybridized carbons (Fsp3) is 0.571. The largest absolute Gasteiger partial charge is 0.398 e. The highest BCUT2D eigenvalue weighted by atomic mass is 19.1. The molecule has 4 nitrogen and oxygen atoms in total. The van der Waals surface area contributed by atoms with Crippen LogP contribution >= 0.6 is 0 Å². The zero-order valence-corrected chi connectivity index (χ0v) is 10.9. The molecule has 104 valence electrons. The number of nitrogens with zero attached hydrogens (tertiary/aromatic N) is 1. The lowest BCUT2D eigenvalue weighted by molar-refractivity contribution is -0.190. The van der Waals surface area contributed by atoms with Crippen LogP contribution in [0.4, 0.5) is 10.1 Å². The number of piperidine rings is 1. The molecule has 1 spiro atoms. The van der Waals surface area contributed by atoms with Gasteiger partial charge in [0.1, 0.15) is 5.82 Å². The van der Waals surface area contributed by atoms with Crippen LogP contribution in [0.2, 0.25) is 0 Å². The summed E-state index contributed by atoms with van der Waals surface area (Å²) in [5.74, 6) is -0.690. The molecule has 0 saturated carbocycles. The number of nitrogens with two attached hydrogens (primary N) is 1. The van der Waals surface area contributed by atoms with E-state index in [0.717, 1.165) is 31.5 Å². The van der Waals surface area contributed by atoms with Crippen LogP contribution in [0.15, 0.2) is 18.2 Å². The number of halogens is 1. The monoisotopic (exact) mass is 266 g/mol. The molecule has 0 radical (unpaired) electrons. The molecule has 2 heterocycles. The molecule has 5 heteroatoms. The van der Waals surface area contributed by atoms with Crippen LogP contribution in [0, 0.1) is 5.82 Å². The zero-order chi connectivity index (χ0) is 13.3. The second kappa shape index (κ2) is 5.07. The minimum absolute atomic E-state index is 0.246. The molecule has 0 aliphatic carbocycles. The number of ether oxygens (including phenoxy) is 2. The van der Waals surface area contributed by atoms with E-state index < -0.39 is 5.79 Å². The lowest BCUT2D eigenvalue weighted by atomic mass is 10.0. The number of nitrogen functional groups attached to an aromatic ring is 1. The van der Waals surface area contributed by atoms with Gasteiger partial charge in [-0.15, -0.1) is 0 Å². The highest BCUT2D eigenvalue weighted by Crippen LogP contribution is 2.31. The average molecular weight is 266 g/mol. The SMILES string of the molecule is Nc1ccc(F)cc1CN1CCCC2(C1)OCCO2. The topological polar surface area (TPSA) is 47.7 Å².